The van der Waals surface area contributed by atoms with E-state index in [0.29, 0.717) is 11.0 Å². The first-order chi connectivity index (χ1) is 8.56. The number of aromatic hydroxyl groups is 2. The highest BCUT2D eigenvalue weighted by molar-refractivity contribution is 9.10. The van der Waals surface area contributed by atoms with Crippen molar-refractivity contribution in [2.45, 2.75) is 13.5 Å². The third kappa shape index (κ3) is 2.96. The predicted octanol–water partition coefficient (Wildman–Crippen LogP) is 3.78. The van der Waals surface area contributed by atoms with Crippen LogP contribution in [0.1, 0.15) is 11.1 Å². The van der Waals surface area contributed by atoms with E-state index in [4.69, 9.17) is 0 Å². The molecule has 3 nitrogen and oxygen atoms in total. The van der Waals surface area contributed by atoms with Gasteiger partial charge in [0.15, 0.2) is 0 Å². The Morgan fingerprint density at radius 3 is 2.56 bits per heavy atom. The molecule has 3 N–H and O–H groups in total. The molecule has 0 amide bonds. The first-order valence-electron chi connectivity index (χ1n) is 5.57. The van der Waals surface area contributed by atoms with Crippen LogP contribution in [0.5, 0.6) is 11.5 Å². The molecule has 0 saturated heterocycles. The van der Waals surface area contributed by atoms with E-state index in [0.717, 1.165) is 16.8 Å². The number of hydrogen-bond donors (Lipinski definition) is 3. The molecule has 0 bridgehead atoms. The van der Waals surface area contributed by atoms with Crippen molar-refractivity contribution in [3.05, 3.63) is 52.0 Å². The summed E-state index contributed by atoms with van der Waals surface area (Å²) < 4.78 is 0.684. The van der Waals surface area contributed by atoms with Crippen LogP contribution in [0, 0.1) is 6.92 Å². The molecule has 0 spiro atoms. The van der Waals surface area contributed by atoms with Crippen molar-refractivity contribution in [2.75, 3.05) is 5.32 Å². The van der Waals surface area contributed by atoms with E-state index in [1.54, 1.807) is 18.2 Å². The van der Waals surface area contributed by atoms with Gasteiger partial charge in [-0.25, -0.2) is 0 Å². The largest absolute Gasteiger partial charge is 0.508 e. The molecule has 2 rings (SSSR count). The van der Waals surface area contributed by atoms with Gasteiger partial charge in [0.1, 0.15) is 11.5 Å². The molecule has 0 aliphatic carbocycles. The van der Waals surface area contributed by atoms with Crippen molar-refractivity contribution in [3.8, 4) is 11.5 Å². The molecule has 18 heavy (non-hydrogen) atoms. The van der Waals surface area contributed by atoms with Crippen molar-refractivity contribution in [2.24, 2.45) is 0 Å². The fourth-order valence-corrected chi connectivity index (χ4v) is 2.13. The lowest BCUT2D eigenvalue weighted by molar-refractivity contribution is 0.471. The highest BCUT2D eigenvalue weighted by atomic mass is 79.9. The Morgan fingerprint density at radius 2 is 1.89 bits per heavy atom. The zero-order valence-corrected chi connectivity index (χ0v) is 11.5. The lowest BCUT2D eigenvalue weighted by Crippen LogP contribution is -2.00. The highest BCUT2D eigenvalue weighted by Gasteiger charge is 2.02. The number of aryl methyl sites for hydroxylation is 1. The number of hydrogen-bond acceptors (Lipinski definition) is 3. The second kappa shape index (κ2) is 5.31. The van der Waals surface area contributed by atoms with Crippen molar-refractivity contribution < 1.29 is 10.2 Å². The Hall–Kier alpha value is -1.68. The number of phenols is 2. The number of anilines is 1. The van der Waals surface area contributed by atoms with Crippen LogP contribution in [0.2, 0.25) is 0 Å². The Morgan fingerprint density at radius 1 is 1.11 bits per heavy atom. The zero-order valence-electron chi connectivity index (χ0n) is 9.94. The molecule has 94 valence electrons. The van der Waals surface area contributed by atoms with E-state index in [2.05, 4.69) is 21.2 Å². The molecule has 0 unspecified atom stereocenters. The van der Waals surface area contributed by atoms with Gasteiger partial charge in [-0.05, 0) is 64.3 Å². The molecule has 0 aromatic heterocycles. The normalized spacial score (nSPS) is 10.3. The van der Waals surface area contributed by atoms with E-state index in [1.165, 1.54) is 0 Å². The lowest BCUT2D eigenvalue weighted by Gasteiger charge is -2.10. The molecular weight excluding hydrogens is 294 g/mol. The highest BCUT2D eigenvalue weighted by Crippen LogP contribution is 2.25. The summed E-state index contributed by atoms with van der Waals surface area (Å²) in [5.74, 6) is 0.505. The lowest BCUT2D eigenvalue weighted by atomic mass is 10.1. The summed E-state index contributed by atoms with van der Waals surface area (Å²) >= 11 is 3.29. The third-order valence-electron chi connectivity index (χ3n) is 2.71. The van der Waals surface area contributed by atoms with Gasteiger partial charge in [0.2, 0.25) is 0 Å². The van der Waals surface area contributed by atoms with Crippen LogP contribution in [-0.2, 0) is 6.54 Å². The summed E-state index contributed by atoms with van der Waals surface area (Å²) in [5.41, 5.74) is 3.04. The second-order valence-electron chi connectivity index (χ2n) is 4.14. The molecule has 2 aromatic rings. The molecule has 0 atom stereocenters. The Bertz CT molecular complexity index is 570. The van der Waals surface area contributed by atoms with Gasteiger partial charge in [0.25, 0.3) is 0 Å². The SMILES string of the molecule is Cc1cc(O)ccc1NCc1ccc(O)c(Br)c1. The van der Waals surface area contributed by atoms with E-state index in [1.807, 2.05) is 25.1 Å². The van der Waals surface area contributed by atoms with Gasteiger partial charge in [-0.15, -0.1) is 0 Å². The topological polar surface area (TPSA) is 52.5 Å². The van der Waals surface area contributed by atoms with Crippen LogP contribution in [0.15, 0.2) is 40.9 Å². The zero-order chi connectivity index (χ0) is 13.1. The maximum atomic E-state index is 9.41. The van der Waals surface area contributed by atoms with Crippen LogP contribution < -0.4 is 5.32 Å². The molecule has 0 aliphatic heterocycles. The minimum absolute atomic E-state index is 0.236. The molecular formula is C14H14BrNO2. The predicted molar refractivity (Wildman–Crippen MR) is 76.0 cm³/mol. The van der Waals surface area contributed by atoms with Gasteiger partial charge in [-0.3, -0.25) is 0 Å². The summed E-state index contributed by atoms with van der Waals surface area (Å²) in [6, 6.07) is 10.6. The Labute approximate surface area is 114 Å². The summed E-state index contributed by atoms with van der Waals surface area (Å²) in [6.45, 7) is 2.60. The smallest absolute Gasteiger partial charge is 0.129 e. The Balaban J connectivity index is 2.09. The quantitative estimate of drug-likeness (QED) is 0.756. The van der Waals surface area contributed by atoms with Crippen molar-refractivity contribution in [1.82, 2.24) is 0 Å². The van der Waals surface area contributed by atoms with Crippen molar-refractivity contribution in [1.29, 1.82) is 0 Å². The van der Waals surface area contributed by atoms with Crippen LogP contribution in [0.3, 0.4) is 0 Å². The molecule has 2 aromatic carbocycles. The average molecular weight is 308 g/mol. The van der Waals surface area contributed by atoms with Gasteiger partial charge in [-0.2, -0.15) is 0 Å². The van der Waals surface area contributed by atoms with Crippen molar-refractivity contribution >= 4 is 21.6 Å². The van der Waals surface area contributed by atoms with Gasteiger partial charge < -0.3 is 15.5 Å². The number of phenolic OH excluding ortho intramolecular Hbond substituents is 2. The van der Waals surface area contributed by atoms with Gasteiger partial charge in [-0.1, -0.05) is 6.07 Å². The second-order valence-corrected chi connectivity index (χ2v) is 4.99. The first-order valence-corrected chi connectivity index (χ1v) is 6.36. The van der Waals surface area contributed by atoms with Crippen LogP contribution in [0.25, 0.3) is 0 Å². The van der Waals surface area contributed by atoms with Gasteiger partial charge in [0, 0.05) is 12.2 Å². The number of halogens is 1. The molecule has 0 radical (unpaired) electrons. The summed E-state index contributed by atoms with van der Waals surface area (Å²) in [5, 5.41) is 22.0. The fourth-order valence-electron chi connectivity index (χ4n) is 1.70. The van der Waals surface area contributed by atoms with E-state index >= 15 is 0 Å². The summed E-state index contributed by atoms with van der Waals surface area (Å²) in [6.07, 6.45) is 0. The molecule has 0 heterocycles. The standard InChI is InChI=1S/C14H14BrNO2/c1-9-6-11(17)3-4-13(9)16-8-10-2-5-14(18)12(15)7-10/h2-7,16-18H,8H2,1H3. The minimum Gasteiger partial charge on any atom is -0.508 e. The Kier molecular flexibility index (Phi) is 3.77. The first kappa shape index (κ1) is 12.8. The van der Waals surface area contributed by atoms with Crippen LogP contribution in [0.4, 0.5) is 5.69 Å². The van der Waals surface area contributed by atoms with Gasteiger partial charge in [0.05, 0.1) is 4.47 Å². The maximum Gasteiger partial charge on any atom is 0.129 e. The molecule has 0 saturated carbocycles. The maximum absolute atomic E-state index is 9.41. The van der Waals surface area contributed by atoms with Crippen LogP contribution in [-0.4, -0.2) is 10.2 Å². The minimum atomic E-state index is 0.236. The third-order valence-corrected chi connectivity index (χ3v) is 3.34. The summed E-state index contributed by atoms with van der Waals surface area (Å²) in [7, 11) is 0. The van der Waals surface area contributed by atoms with Crippen LogP contribution >= 0.6 is 15.9 Å². The molecule has 4 heteroatoms. The fraction of sp³-hybridized carbons (Fsp3) is 0.143. The van der Waals surface area contributed by atoms with E-state index < -0.39 is 0 Å². The number of rotatable bonds is 3. The van der Waals surface area contributed by atoms with E-state index in [9.17, 15) is 10.2 Å². The molecule has 0 aliphatic rings. The summed E-state index contributed by atoms with van der Waals surface area (Å²) in [4.78, 5) is 0. The monoisotopic (exact) mass is 307 g/mol. The van der Waals surface area contributed by atoms with Crippen molar-refractivity contribution in [3.63, 3.8) is 0 Å². The van der Waals surface area contributed by atoms with E-state index in [-0.39, 0.29) is 11.5 Å². The molecule has 0 fully saturated rings. The number of benzene rings is 2. The van der Waals surface area contributed by atoms with Gasteiger partial charge >= 0.3 is 0 Å². The average Bonchev–Trinajstić information content (AvgIpc) is 2.32. The number of nitrogens with one attached hydrogen (secondary N) is 1.